The van der Waals surface area contributed by atoms with Crippen molar-refractivity contribution >= 4 is 38.4 Å². The summed E-state index contributed by atoms with van der Waals surface area (Å²) in [6.07, 6.45) is 0.937. The Bertz CT molecular complexity index is 730. The van der Waals surface area contributed by atoms with Crippen molar-refractivity contribution in [3.05, 3.63) is 32.0 Å². The Hall–Kier alpha value is -0.970. The Morgan fingerprint density at radius 3 is 2.59 bits per heavy atom. The second kappa shape index (κ2) is 7.07. The van der Waals surface area contributed by atoms with Crippen LogP contribution in [0.1, 0.15) is 26.7 Å². The van der Waals surface area contributed by atoms with Crippen LogP contribution in [-0.4, -0.2) is 34.6 Å². The fraction of sp³-hybridized carbons (Fsp3) is 0.538. The zero-order valence-electron chi connectivity index (χ0n) is 12.2. The van der Waals surface area contributed by atoms with Crippen LogP contribution in [0.15, 0.2) is 17.1 Å². The van der Waals surface area contributed by atoms with Crippen LogP contribution in [0.25, 0.3) is 0 Å². The largest absolute Gasteiger partial charge is 0.480 e. The second-order valence-corrected chi connectivity index (χ2v) is 8.81. The molecular weight excluding hydrogens is 428 g/mol. The molecule has 1 rings (SSSR count). The smallest absolute Gasteiger partial charge is 0.324 e. The van der Waals surface area contributed by atoms with Gasteiger partial charge in [-0.05, 0) is 42.4 Å². The van der Waals surface area contributed by atoms with Gasteiger partial charge in [-0.15, -0.1) is 0 Å². The minimum atomic E-state index is -3.88. The van der Waals surface area contributed by atoms with Gasteiger partial charge in [0.05, 0.1) is 9.32 Å². The van der Waals surface area contributed by atoms with E-state index >= 15 is 0 Å². The fourth-order valence-electron chi connectivity index (χ4n) is 1.92. The van der Waals surface area contributed by atoms with Crippen molar-refractivity contribution in [3.63, 3.8) is 0 Å². The van der Waals surface area contributed by atoms with E-state index in [0.29, 0.717) is 6.42 Å². The van der Waals surface area contributed by atoms with Gasteiger partial charge in [-0.3, -0.25) is 9.59 Å². The van der Waals surface area contributed by atoms with Crippen LogP contribution in [0.2, 0.25) is 0 Å². The molecule has 22 heavy (non-hydrogen) atoms. The third-order valence-corrected chi connectivity index (χ3v) is 7.00. The summed E-state index contributed by atoms with van der Waals surface area (Å²) < 4.78 is 37.0. The molecule has 0 saturated heterocycles. The molecule has 0 bridgehead atoms. The van der Waals surface area contributed by atoms with Crippen LogP contribution < -0.4 is 5.56 Å². The predicted octanol–water partition coefficient (Wildman–Crippen LogP) is 1.65. The van der Waals surface area contributed by atoms with Crippen molar-refractivity contribution in [3.8, 4) is 0 Å². The van der Waals surface area contributed by atoms with E-state index in [0.717, 1.165) is 23.8 Å². The van der Waals surface area contributed by atoms with Gasteiger partial charge in [-0.25, -0.2) is 12.8 Å². The highest BCUT2D eigenvalue weighted by molar-refractivity contribution is 14.1. The number of carboxylic acid groups (broad SMARTS) is 1. The number of halogens is 2. The van der Waals surface area contributed by atoms with Gasteiger partial charge in [-0.2, -0.15) is 0 Å². The average molecular weight is 445 g/mol. The molecule has 0 amide bonds. The van der Waals surface area contributed by atoms with E-state index in [4.69, 9.17) is 0 Å². The molecule has 1 aromatic heterocycles. The summed E-state index contributed by atoms with van der Waals surface area (Å²) in [4.78, 5) is 23.2. The molecule has 0 fully saturated rings. The third-order valence-electron chi connectivity index (χ3n) is 3.47. The molecule has 0 aromatic carbocycles. The number of rotatable bonds is 7. The molecule has 0 radical (unpaired) electrons. The van der Waals surface area contributed by atoms with E-state index in [9.17, 15) is 27.5 Å². The molecule has 0 saturated carbocycles. The van der Waals surface area contributed by atoms with Crippen molar-refractivity contribution in [1.29, 1.82) is 0 Å². The Morgan fingerprint density at radius 1 is 1.50 bits per heavy atom. The predicted molar refractivity (Wildman–Crippen MR) is 88.1 cm³/mol. The highest BCUT2D eigenvalue weighted by Crippen LogP contribution is 2.24. The van der Waals surface area contributed by atoms with Gasteiger partial charge in [0.15, 0.2) is 20.4 Å². The van der Waals surface area contributed by atoms with Gasteiger partial charge in [0, 0.05) is 18.8 Å². The fourth-order valence-corrected chi connectivity index (χ4v) is 3.98. The molecule has 1 heterocycles. The first kappa shape index (κ1) is 19.1. The van der Waals surface area contributed by atoms with E-state index < -0.39 is 31.9 Å². The number of aryl methyl sites for hydroxylation is 1. The molecule has 1 N–H and O–H groups in total. The quantitative estimate of drug-likeness (QED) is 0.645. The van der Waals surface area contributed by atoms with Gasteiger partial charge in [0.1, 0.15) is 0 Å². The van der Waals surface area contributed by atoms with Crippen LogP contribution in [0.5, 0.6) is 0 Å². The maximum Gasteiger partial charge on any atom is 0.324 e. The minimum Gasteiger partial charge on any atom is -0.480 e. The standard InChI is InChI=1S/C13H17FINO5S/c1-3-6-22(20,21)13(2,12(18)19)4-5-16-8-9(14)10(15)7-11(16)17/h7-8H,3-6H2,1-2H3,(H,18,19)/t13-/m1/s1. The maximum absolute atomic E-state index is 13.5. The molecule has 124 valence electrons. The Balaban J connectivity index is 3.12. The van der Waals surface area contributed by atoms with Crippen molar-refractivity contribution in [2.45, 2.75) is 38.0 Å². The van der Waals surface area contributed by atoms with E-state index in [-0.39, 0.29) is 22.3 Å². The maximum atomic E-state index is 13.5. The zero-order chi connectivity index (χ0) is 17.1. The summed E-state index contributed by atoms with van der Waals surface area (Å²) in [7, 11) is -3.88. The summed E-state index contributed by atoms with van der Waals surface area (Å²) >= 11 is 1.67. The Kier molecular flexibility index (Phi) is 6.13. The van der Waals surface area contributed by atoms with Gasteiger partial charge in [-0.1, -0.05) is 6.92 Å². The molecule has 0 spiro atoms. The van der Waals surface area contributed by atoms with Crippen LogP contribution in [0.3, 0.4) is 0 Å². The Morgan fingerprint density at radius 2 is 2.09 bits per heavy atom. The number of hydrogen-bond acceptors (Lipinski definition) is 4. The lowest BCUT2D eigenvalue weighted by Crippen LogP contribution is -2.46. The monoisotopic (exact) mass is 445 g/mol. The van der Waals surface area contributed by atoms with E-state index in [2.05, 4.69) is 0 Å². The van der Waals surface area contributed by atoms with E-state index in [1.165, 1.54) is 0 Å². The number of carboxylic acids is 1. The molecule has 0 aliphatic rings. The summed E-state index contributed by atoms with van der Waals surface area (Å²) in [5, 5.41) is 9.30. The molecule has 0 aliphatic heterocycles. The summed E-state index contributed by atoms with van der Waals surface area (Å²) in [5.74, 6) is -2.35. The summed E-state index contributed by atoms with van der Waals surface area (Å²) in [6.45, 7) is 2.56. The zero-order valence-corrected chi connectivity index (χ0v) is 15.1. The highest BCUT2D eigenvalue weighted by Gasteiger charge is 2.45. The molecule has 0 aliphatic carbocycles. The lowest BCUT2D eigenvalue weighted by molar-refractivity contribution is -0.139. The number of hydrogen-bond donors (Lipinski definition) is 1. The van der Waals surface area contributed by atoms with Crippen LogP contribution in [0, 0.1) is 9.39 Å². The van der Waals surface area contributed by atoms with E-state index in [1.54, 1.807) is 29.5 Å². The lowest BCUT2D eigenvalue weighted by atomic mass is 10.1. The van der Waals surface area contributed by atoms with Crippen LogP contribution >= 0.6 is 22.6 Å². The molecule has 9 heteroatoms. The first-order chi connectivity index (χ1) is 10.0. The third kappa shape index (κ3) is 3.86. The number of nitrogens with zero attached hydrogens (tertiary/aromatic N) is 1. The number of pyridine rings is 1. The first-order valence-corrected chi connectivity index (χ1v) is 9.29. The Labute approximate surface area is 141 Å². The molecule has 6 nitrogen and oxygen atoms in total. The van der Waals surface area contributed by atoms with Gasteiger partial charge < -0.3 is 9.67 Å². The average Bonchev–Trinajstić information content (AvgIpc) is 2.40. The number of sulfone groups is 1. The van der Waals surface area contributed by atoms with Crippen molar-refractivity contribution in [1.82, 2.24) is 4.57 Å². The van der Waals surface area contributed by atoms with Crippen LogP contribution in [0.4, 0.5) is 4.39 Å². The lowest BCUT2D eigenvalue weighted by Gasteiger charge is -2.25. The molecule has 0 unspecified atom stereocenters. The normalized spacial score (nSPS) is 14.5. The number of aromatic nitrogens is 1. The molecule has 1 aromatic rings. The van der Waals surface area contributed by atoms with E-state index in [1.807, 2.05) is 0 Å². The highest BCUT2D eigenvalue weighted by atomic mass is 127. The molecular formula is C13H17FINO5S. The van der Waals surface area contributed by atoms with Crippen molar-refractivity contribution < 1.29 is 22.7 Å². The SMILES string of the molecule is CCCS(=O)(=O)[C@](C)(CCn1cc(F)c(I)cc1=O)C(=O)O. The first-order valence-electron chi connectivity index (χ1n) is 6.56. The number of carbonyl (C=O) groups is 1. The summed E-state index contributed by atoms with van der Waals surface area (Å²) in [5.41, 5.74) is -0.508. The number of aliphatic carboxylic acids is 1. The summed E-state index contributed by atoms with van der Waals surface area (Å²) in [6, 6.07) is 1.08. The second-order valence-electron chi connectivity index (χ2n) is 5.11. The topological polar surface area (TPSA) is 93.4 Å². The van der Waals surface area contributed by atoms with Gasteiger partial charge in [0.25, 0.3) is 5.56 Å². The van der Waals surface area contributed by atoms with Gasteiger partial charge >= 0.3 is 5.97 Å². The van der Waals surface area contributed by atoms with Crippen molar-refractivity contribution in [2.75, 3.05) is 5.75 Å². The van der Waals surface area contributed by atoms with Crippen molar-refractivity contribution in [2.24, 2.45) is 0 Å². The van der Waals surface area contributed by atoms with Crippen LogP contribution in [-0.2, 0) is 21.2 Å². The molecule has 1 atom stereocenters. The van der Waals surface area contributed by atoms with Gasteiger partial charge in [0.2, 0.25) is 0 Å². The minimum absolute atomic E-state index is 0.151.